The van der Waals surface area contributed by atoms with Gasteiger partial charge in [-0.25, -0.2) is 10.0 Å². The van der Waals surface area contributed by atoms with Crippen LogP contribution in [-0.2, 0) is 9.47 Å². The maximum atomic E-state index is 6.38. The van der Waals surface area contributed by atoms with Crippen LogP contribution in [-0.4, -0.2) is 69.1 Å². The minimum absolute atomic E-state index is 0.0236. The molecule has 0 radical (unpaired) electrons. The van der Waals surface area contributed by atoms with E-state index in [-0.39, 0.29) is 31.0 Å². The summed E-state index contributed by atoms with van der Waals surface area (Å²) in [4.78, 5) is 0. The van der Waals surface area contributed by atoms with Crippen molar-refractivity contribution >= 4 is 15.9 Å². The summed E-state index contributed by atoms with van der Waals surface area (Å²) in [5, 5.41) is 4.35. The van der Waals surface area contributed by atoms with E-state index in [0.29, 0.717) is 11.5 Å². The molecule has 1 aromatic carbocycles. The molecule has 1 aliphatic carbocycles. The van der Waals surface area contributed by atoms with Gasteiger partial charge in [0.1, 0.15) is 6.10 Å². The lowest BCUT2D eigenvalue weighted by atomic mass is 9.76. The van der Waals surface area contributed by atoms with E-state index in [9.17, 15) is 0 Å². The fraction of sp³-hybridized carbons (Fsp3) is 0.700. The Morgan fingerprint density at radius 2 is 1.89 bits per heavy atom. The molecule has 3 unspecified atom stereocenters. The molecule has 0 N–H and O–H groups in total. The van der Waals surface area contributed by atoms with Gasteiger partial charge in [0.25, 0.3) is 0 Å². The quantitative estimate of drug-likeness (QED) is 0.643. The van der Waals surface area contributed by atoms with Gasteiger partial charge < -0.3 is 23.7 Å². The van der Waals surface area contributed by atoms with Crippen LogP contribution in [0.4, 0.5) is 0 Å². The van der Waals surface area contributed by atoms with Crippen molar-refractivity contribution in [1.82, 2.24) is 10.0 Å². The first-order valence-electron chi connectivity index (χ1n) is 9.65. The Morgan fingerprint density at radius 3 is 2.57 bits per heavy atom. The van der Waals surface area contributed by atoms with Crippen molar-refractivity contribution in [2.75, 3.05) is 35.0 Å². The van der Waals surface area contributed by atoms with Gasteiger partial charge in [0.2, 0.25) is 12.5 Å². The number of fused-ring (bicyclic) bond motifs is 2. The molecule has 2 aliphatic heterocycles. The van der Waals surface area contributed by atoms with E-state index < -0.39 is 5.79 Å². The van der Waals surface area contributed by atoms with Gasteiger partial charge in [0, 0.05) is 27.1 Å². The van der Waals surface area contributed by atoms with Crippen LogP contribution in [0.1, 0.15) is 38.2 Å². The third-order valence-electron chi connectivity index (χ3n) is 5.99. The first kappa shape index (κ1) is 20.2. The van der Waals surface area contributed by atoms with Crippen molar-refractivity contribution < 1.29 is 23.7 Å². The summed E-state index contributed by atoms with van der Waals surface area (Å²) in [6.07, 6.45) is 1.99. The summed E-state index contributed by atoms with van der Waals surface area (Å²) in [5.74, 6) is 1.71. The molecule has 28 heavy (non-hydrogen) atoms. The highest BCUT2D eigenvalue weighted by atomic mass is 79.9. The van der Waals surface area contributed by atoms with Crippen molar-refractivity contribution in [2.24, 2.45) is 0 Å². The zero-order chi connectivity index (χ0) is 20.2. The van der Waals surface area contributed by atoms with Crippen molar-refractivity contribution in [2.45, 2.75) is 56.6 Å². The lowest BCUT2D eigenvalue weighted by molar-refractivity contribution is -0.156. The summed E-state index contributed by atoms with van der Waals surface area (Å²) in [6.45, 7) is 4.20. The average Bonchev–Trinajstić information content (AvgIpc) is 3.21. The third-order valence-corrected chi connectivity index (χ3v) is 6.80. The molecule has 0 bridgehead atoms. The molecule has 2 fully saturated rings. The minimum Gasteiger partial charge on any atom is -0.492 e. The van der Waals surface area contributed by atoms with Gasteiger partial charge in [-0.1, -0.05) is 0 Å². The number of benzene rings is 1. The van der Waals surface area contributed by atoms with Crippen LogP contribution < -0.4 is 14.2 Å². The van der Waals surface area contributed by atoms with E-state index in [1.807, 2.05) is 13.8 Å². The molecule has 7 nitrogen and oxygen atoms in total. The van der Waals surface area contributed by atoms with Crippen molar-refractivity contribution in [3.05, 3.63) is 16.1 Å². The van der Waals surface area contributed by atoms with Crippen molar-refractivity contribution in [3.8, 4) is 17.2 Å². The Morgan fingerprint density at radius 1 is 1.14 bits per heavy atom. The van der Waals surface area contributed by atoms with Crippen LogP contribution in [0, 0.1) is 0 Å². The molecule has 1 saturated heterocycles. The molecule has 4 rings (SSSR count). The first-order valence-corrected chi connectivity index (χ1v) is 10.4. The number of methoxy groups -OCH3 is 1. The second-order valence-corrected chi connectivity index (χ2v) is 9.07. The largest absolute Gasteiger partial charge is 0.492 e. The zero-order valence-electron chi connectivity index (χ0n) is 17.3. The number of hydrogen-bond acceptors (Lipinski definition) is 7. The number of halogens is 1. The molecule has 0 spiro atoms. The number of rotatable bonds is 4. The molecular weight excluding hydrogens is 428 g/mol. The number of nitrogens with zero attached hydrogens (tertiary/aromatic N) is 2. The second-order valence-electron chi connectivity index (χ2n) is 8.28. The highest BCUT2D eigenvalue weighted by molar-refractivity contribution is 9.10. The zero-order valence-corrected chi connectivity index (χ0v) is 18.9. The molecule has 2 heterocycles. The normalized spacial score (nSPS) is 30.8. The van der Waals surface area contributed by atoms with Crippen molar-refractivity contribution in [3.63, 3.8) is 0 Å². The standard InChI is InChI=1S/C20H29BrN2O5/c1-20(2)27-13-8-7-11(16(17(13)28-20)23(5)22(3)4)12-9-14-18(26-10-25-14)19(24-6)15(12)21/h9,11,13,16-17H,7-8,10H2,1-6H3/t11?,13?,16-,17?/m1/s1. The van der Waals surface area contributed by atoms with Crippen LogP contribution in [0.3, 0.4) is 0 Å². The average molecular weight is 457 g/mol. The highest BCUT2D eigenvalue weighted by Gasteiger charge is 2.52. The smallest absolute Gasteiger partial charge is 0.231 e. The summed E-state index contributed by atoms with van der Waals surface area (Å²) < 4.78 is 30.4. The Labute approximate surface area is 174 Å². The highest BCUT2D eigenvalue weighted by Crippen LogP contribution is 2.53. The summed E-state index contributed by atoms with van der Waals surface area (Å²) in [7, 11) is 7.86. The van der Waals surface area contributed by atoms with Crippen LogP contribution in [0.5, 0.6) is 17.2 Å². The van der Waals surface area contributed by atoms with Crippen LogP contribution in [0.2, 0.25) is 0 Å². The van der Waals surface area contributed by atoms with Gasteiger partial charge in [0.15, 0.2) is 17.3 Å². The van der Waals surface area contributed by atoms with E-state index in [1.165, 1.54) is 0 Å². The van der Waals surface area contributed by atoms with Gasteiger partial charge in [-0.05, 0) is 54.2 Å². The topological polar surface area (TPSA) is 52.6 Å². The van der Waals surface area contributed by atoms with Crippen molar-refractivity contribution in [1.29, 1.82) is 0 Å². The first-order chi connectivity index (χ1) is 13.2. The molecule has 4 atom stereocenters. The van der Waals surface area contributed by atoms with Gasteiger partial charge >= 0.3 is 0 Å². The molecule has 1 saturated carbocycles. The van der Waals surface area contributed by atoms with E-state index in [0.717, 1.165) is 28.6 Å². The number of hydrazine groups is 1. The van der Waals surface area contributed by atoms with Gasteiger partial charge in [-0.3, -0.25) is 0 Å². The number of hydrogen-bond donors (Lipinski definition) is 0. The fourth-order valence-electron chi connectivity index (χ4n) is 4.66. The lowest BCUT2D eigenvalue weighted by Crippen LogP contribution is -2.56. The van der Waals surface area contributed by atoms with Crippen LogP contribution >= 0.6 is 15.9 Å². The molecular formula is C20H29BrN2O5. The summed E-state index contributed by atoms with van der Waals surface area (Å²) in [6, 6.07) is 2.19. The van der Waals surface area contributed by atoms with E-state index in [1.54, 1.807) is 7.11 Å². The number of ether oxygens (including phenoxy) is 5. The van der Waals surface area contributed by atoms with E-state index in [4.69, 9.17) is 23.7 Å². The molecule has 1 aromatic rings. The summed E-state index contributed by atoms with van der Waals surface area (Å²) >= 11 is 3.77. The van der Waals surface area contributed by atoms with Gasteiger partial charge in [-0.15, -0.1) is 0 Å². The van der Waals surface area contributed by atoms with E-state index >= 15 is 0 Å². The monoisotopic (exact) mass is 456 g/mol. The Hall–Kier alpha value is -1.06. The maximum Gasteiger partial charge on any atom is 0.231 e. The molecule has 0 aromatic heterocycles. The van der Waals surface area contributed by atoms with Gasteiger partial charge in [-0.2, -0.15) is 0 Å². The van der Waals surface area contributed by atoms with E-state index in [2.05, 4.69) is 53.2 Å². The molecule has 8 heteroatoms. The maximum absolute atomic E-state index is 6.38. The minimum atomic E-state index is -0.570. The SMILES string of the molecule is COc1c(Br)c(C2CCC3OC(C)(C)OC3[C@@H]2N(C)N(C)C)cc2c1OCO2. The Kier molecular flexibility index (Phi) is 5.29. The fourth-order valence-corrected chi connectivity index (χ4v) is 5.41. The summed E-state index contributed by atoms with van der Waals surface area (Å²) in [5.41, 5.74) is 1.14. The lowest BCUT2D eigenvalue weighted by Gasteiger charge is -2.45. The molecule has 0 amide bonds. The van der Waals surface area contributed by atoms with Crippen LogP contribution in [0.25, 0.3) is 0 Å². The molecule has 156 valence electrons. The predicted octanol–water partition coefficient (Wildman–Crippen LogP) is 3.36. The number of likely N-dealkylation sites (N-methyl/N-ethyl adjacent to an activating group) is 1. The predicted molar refractivity (Wildman–Crippen MR) is 108 cm³/mol. The van der Waals surface area contributed by atoms with Gasteiger partial charge in [0.05, 0.1) is 23.7 Å². The van der Waals surface area contributed by atoms with Crippen LogP contribution in [0.15, 0.2) is 10.5 Å². The Bertz CT molecular complexity index is 757. The molecule has 3 aliphatic rings. The Balaban J connectivity index is 1.78. The second kappa shape index (κ2) is 7.32. The third kappa shape index (κ3) is 3.29.